The first-order valence-corrected chi connectivity index (χ1v) is 10.1. The van der Waals surface area contributed by atoms with Gasteiger partial charge in [0.25, 0.3) is 0 Å². The molecule has 0 N–H and O–H groups in total. The average molecular weight is 430 g/mol. The molecule has 0 radical (unpaired) electrons. The molecule has 31 heavy (non-hydrogen) atoms. The summed E-state index contributed by atoms with van der Waals surface area (Å²) in [5.41, 5.74) is -0.961. The van der Waals surface area contributed by atoms with Gasteiger partial charge in [0.1, 0.15) is 17.8 Å². The van der Waals surface area contributed by atoms with Crippen molar-refractivity contribution in [1.29, 1.82) is 0 Å². The molecule has 1 aromatic heterocycles. The highest BCUT2D eigenvalue weighted by molar-refractivity contribution is 6.10. The molecule has 3 rings (SSSR count). The van der Waals surface area contributed by atoms with Crippen molar-refractivity contribution in [1.82, 2.24) is 19.9 Å². The molecule has 2 atom stereocenters. The normalized spacial score (nSPS) is 19.9. The van der Waals surface area contributed by atoms with Gasteiger partial charge in [-0.05, 0) is 27.1 Å². The van der Waals surface area contributed by atoms with Crippen molar-refractivity contribution < 1.29 is 23.3 Å². The van der Waals surface area contributed by atoms with Crippen LogP contribution < -0.4 is 0 Å². The van der Waals surface area contributed by atoms with Gasteiger partial charge in [0.05, 0.1) is 11.5 Å². The van der Waals surface area contributed by atoms with Gasteiger partial charge >= 0.3 is 0 Å². The number of imide groups is 1. The number of hydrogen-bond acceptors (Lipinski definition) is 6. The van der Waals surface area contributed by atoms with Crippen molar-refractivity contribution in [3.63, 3.8) is 0 Å². The molecule has 0 spiro atoms. The molecule has 166 valence electrons. The van der Waals surface area contributed by atoms with Gasteiger partial charge in [-0.25, -0.2) is 4.39 Å². The van der Waals surface area contributed by atoms with E-state index in [2.05, 4.69) is 5.16 Å². The zero-order valence-electron chi connectivity index (χ0n) is 18.2. The lowest BCUT2D eigenvalue weighted by molar-refractivity contribution is -0.143. The molecule has 0 saturated carbocycles. The van der Waals surface area contributed by atoms with E-state index >= 15 is 0 Å². The highest BCUT2D eigenvalue weighted by Gasteiger charge is 2.55. The Labute approximate surface area is 180 Å². The number of nitrogens with zero attached hydrogens (tertiary/aromatic N) is 4. The lowest BCUT2D eigenvalue weighted by Crippen LogP contribution is -2.45. The summed E-state index contributed by atoms with van der Waals surface area (Å²) in [7, 11) is 5.25. The minimum atomic E-state index is -1.58. The molecule has 1 aliphatic rings. The molecule has 3 amide bonds. The predicted molar refractivity (Wildman–Crippen MR) is 110 cm³/mol. The van der Waals surface area contributed by atoms with Crippen LogP contribution in [0.3, 0.4) is 0 Å². The summed E-state index contributed by atoms with van der Waals surface area (Å²) in [6.45, 7) is 2.43. The molecule has 2 aromatic rings. The Morgan fingerprint density at radius 1 is 1.26 bits per heavy atom. The Bertz CT molecular complexity index is 962. The molecule has 8 nitrogen and oxygen atoms in total. The van der Waals surface area contributed by atoms with Gasteiger partial charge in [-0.15, -0.1) is 0 Å². The van der Waals surface area contributed by atoms with Crippen LogP contribution in [0, 0.1) is 5.82 Å². The van der Waals surface area contributed by atoms with E-state index in [9.17, 15) is 18.8 Å². The third-order valence-electron chi connectivity index (χ3n) is 5.88. The molecule has 1 aromatic carbocycles. The quantitative estimate of drug-likeness (QED) is 0.596. The summed E-state index contributed by atoms with van der Waals surface area (Å²) >= 11 is 0. The number of halogens is 1. The number of likely N-dealkylation sites (N-methyl/N-ethyl adjacent to an activating group) is 1. The van der Waals surface area contributed by atoms with E-state index in [1.54, 1.807) is 26.1 Å². The Balaban J connectivity index is 1.95. The maximum Gasteiger partial charge on any atom is 0.241 e. The number of benzene rings is 1. The van der Waals surface area contributed by atoms with Crippen molar-refractivity contribution in [3.8, 4) is 0 Å². The third kappa shape index (κ3) is 4.36. The standard InChI is InChI=1S/C22H27FN4O4/c1-15(18-9-12-31-24-18)26(4)19(28)13-22(16-7-5-6-8-17(16)23)14-20(29)27(21(22)30)11-10-25(2)3/h5-9,12,15H,10-11,13-14H2,1-4H3. The number of rotatable bonds is 8. The second-order valence-electron chi connectivity index (χ2n) is 8.17. The first kappa shape index (κ1) is 22.6. The number of hydrogen-bond donors (Lipinski definition) is 0. The highest BCUT2D eigenvalue weighted by atomic mass is 19.1. The lowest BCUT2D eigenvalue weighted by Gasteiger charge is -2.31. The van der Waals surface area contributed by atoms with Gasteiger partial charge in [0, 0.05) is 44.6 Å². The number of likely N-dealkylation sites (tertiary alicyclic amines) is 1. The molecular weight excluding hydrogens is 403 g/mol. The van der Waals surface area contributed by atoms with Crippen LogP contribution in [-0.4, -0.2) is 71.8 Å². The Kier molecular flexibility index (Phi) is 6.54. The van der Waals surface area contributed by atoms with Gasteiger partial charge in [0.15, 0.2) is 0 Å². The minimum Gasteiger partial charge on any atom is -0.364 e. The van der Waals surface area contributed by atoms with Crippen LogP contribution >= 0.6 is 0 Å². The van der Waals surface area contributed by atoms with Crippen LogP contribution in [0.4, 0.5) is 4.39 Å². The van der Waals surface area contributed by atoms with Gasteiger partial charge in [0.2, 0.25) is 17.7 Å². The summed E-state index contributed by atoms with van der Waals surface area (Å²) in [4.78, 5) is 43.9. The van der Waals surface area contributed by atoms with Crippen molar-refractivity contribution in [2.45, 2.75) is 31.2 Å². The van der Waals surface area contributed by atoms with Gasteiger partial charge in [-0.3, -0.25) is 19.3 Å². The molecule has 1 saturated heterocycles. The van der Waals surface area contributed by atoms with Gasteiger partial charge in [-0.2, -0.15) is 0 Å². The highest BCUT2D eigenvalue weighted by Crippen LogP contribution is 2.41. The van der Waals surface area contributed by atoms with E-state index in [-0.39, 0.29) is 24.9 Å². The number of amides is 3. The molecule has 9 heteroatoms. The molecule has 0 aliphatic carbocycles. The van der Waals surface area contributed by atoms with Crippen molar-refractivity contribution in [2.75, 3.05) is 34.2 Å². The number of aromatic nitrogens is 1. The summed E-state index contributed by atoms with van der Waals surface area (Å²) in [5.74, 6) is -1.96. The molecule has 0 bridgehead atoms. The van der Waals surface area contributed by atoms with E-state index < -0.39 is 35.0 Å². The summed E-state index contributed by atoms with van der Waals surface area (Å²) in [6, 6.07) is 7.06. The first-order chi connectivity index (χ1) is 14.7. The first-order valence-electron chi connectivity index (χ1n) is 10.1. The topological polar surface area (TPSA) is 87.0 Å². The number of carbonyl (C=O) groups is 3. The smallest absolute Gasteiger partial charge is 0.241 e. The van der Waals surface area contributed by atoms with Crippen molar-refractivity contribution >= 4 is 17.7 Å². The fourth-order valence-electron chi connectivity index (χ4n) is 3.85. The fraction of sp³-hybridized carbons (Fsp3) is 0.455. The van der Waals surface area contributed by atoms with Crippen molar-refractivity contribution in [2.24, 2.45) is 0 Å². The van der Waals surface area contributed by atoms with E-state index in [0.717, 1.165) is 4.90 Å². The largest absolute Gasteiger partial charge is 0.364 e. The minimum absolute atomic E-state index is 0.0662. The number of carbonyl (C=O) groups excluding carboxylic acids is 3. The van der Waals surface area contributed by atoms with E-state index in [0.29, 0.717) is 12.2 Å². The molecule has 1 fully saturated rings. The second kappa shape index (κ2) is 8.97. The Hall–Kier alpha value is -3.07. The summed E-state index contributed by atoms with van der Waals surface area (Å²) in [5, 5.41) is 3.86. The predicted octanol–water partition coefficient (Wildman–Crippen LogP) is 1.98. The average Bonchev–Trinajstić information content (AvgIpc) is 3.34. The van der Waals surface area contributed by atoms with E-state index in [1.165, 1.54) is 29.4 Å². The van der Waals surface area contributed by atoms with E-state index in [1.807, 2.05) is 19.0 Å². The summed E-state index contributed by atoms with van der Waals surface area (Å²) in [6.07, 6.45) is 0.834. The maximum absolute atomic E-state index is 14.8. The zero-order chi connectivity index (χ0) is 22.8. The van der Waals surface area contributed by atoms with Crippen LogP contribution in [0.25, 0.3) is 0 Å². The van der Waals surface area contributed by atoms with E-state index in [4.69, 9.17) is 4.52 Å². The molecular formula is C22H27FN4O4. The van der Waals surface area contributed by atoms with Crippen LogP contribution in [-0.2, 0) is 19.8 Å². The SMILES string of the molecule is CC(c1ccon1)N(C)C(=O)CC1(c2ccccc2F)CC(=O)N(CCN(C)C)C1=O. The fourth-order valence-corrected chi connectivity index (χ4v) is 3.85. The van der Waals surface area contributed by atoms with Gasteiger partial charge < -0.3 is 14.3 Å². The zero-order valence-corrected chi connectivity index (χ0v) is 18.2. The third-order valence-corrected chi connectivity index (χ3v) is 5.88. The lowest BCUT2D eigenvalue weighted by atomic mass is 9.75. The monoisotopic (exact) mass is 430 g/mol. The second-order valence-corrected chi connectivity index (χ2v) is 8.17. The summed E-state index contributed by atoms with van der Waals surface area (Å²) < 4.78 is 19.7. The molecule has 2 unspecified atom stereocenters. The van der Waals surface area contributed by atoms with Crippen LogP contribution in [0.5, 0.6) is 0 Å². The molecule has 2 heterocycles. The van der Waals surface area contributed by atoms with Crippen LogP contribution in [0.1, 0.15) is 37.1 Å². The Morgan fingerprint density at radius 2 is 1.97 bits per heavy atom. The maximum atomic E-state index is 14.8. The Morgan fingerprint density at radius 3 is 2.58 bits per heavy atom. The van der Waals surface area contributed by atoms with Gasteiger partial charge in [-0.1, -0.05) is 23.4 Å². The van der Waals surface area contributed by atoms with Crippen LogP contribution in [0.2, 0.25) is 0 Å². The molecule has 1 aliphatic heterocycles. The van der Waals surface area contributed by atoms with Crippen LogP contribution in [0.15, 0.2) is 41.1 Å². The van der Waals surface area contributed by atoms with Crippen molar-refractivity contribution in [3.05, 3.63) is 53.7 Å².